The topological polar surface area (TPSA) is 97.3 Å². The van der Waals surface area contributed by atoms with Crippen LogP contribution in [-0.2, 0) is 11.3 Å². The molecule has 2 N–H and O–H groups in total. The maximum absolute atomic E-state index is 6.10. The van der Waals surface area contributed by atoms with Crippen molar-refractivity contribution < 1.29 is 14.2 Å². The molecule has 1 atom stereocenters. The van der Waals surface area contributed by atoms with E-state index in [0.717, 1.165) is 44.9 Å². The second kappa shape index (κ2) is 8.29. The zero-order chi connectivity index (χ0) is 18.6. The van der Waals surface area contributed by atoms with Crippen LogP contribution in [0.4, 0.5) is 5.82 Å². The molecule has 2 aliphatic rings. The van der Waals surface area contributed by atoms with Crippen LogP contribution >= 0.6 is 0 Å². The third-order valence-electron chi connectivity index (χ3n) is 5.47. The lowest BCUT2D eigenvalue weighted by atomic mass is 10.0. The first-order valence-electron chi connectivity index (χ1n) is 10.0. The van der Waals surface area contributed by atoms with Gasteiger partial charge in [-0.2, -0.15) is 15.0 Å². The van der Waals surface area contributed by atoms with Crippen LogP contribution in [0, 0.1) is 11.8 Å². The third-order valence-corrected chi connectivity index (χ3v) is 5.47. The fourth-order valence-corrected chi connectivity index (χ4v) is 3.64. The molecule has 0 amide bonds. The minimum Gasteiger partial charge on any atom is -0.468 e. The number of aromatic nitrogens is 4. The molecule has 2 aromatic rings. The van der Waals surface area contributed by atoms with Gasteiger partial charge in [-0.25, -0.2) is 0 Å². The monoisotopic (exact) mass is 375 g/mol. The average Bonchev–Trinajstić information content (AvgIpc) is 3.20. The highest BCUT2D eigenvalue weighted by molar-refractivity contribution is 5.83. The molecular formula is C19H29N5O3. The third kappa shape index (κ3) is 4.43. The van der Waals surface area contributed by atoms with Gasteiger partial charge in [-0.05, 0) is 37.5 Å². The van der Waals surface area contributed by atoms with E-state index in [-0.39, 0.29) is 0 Å². The molecule has 148 valence electrons. The smallest absolute Gasteiger partial charge is 0.320 e. The van der Waals surface area contributed by atoms with Gasteiger partial charge >= 0.3 is 6.01 Å². The molecule has 0 radical (unpaired) electrons. The summed E-state index contributed by atoms with van der Waals surface area (Å²) in [5, 5.41) is 0. The Morgan fingerprint density at radius 2 is 2.00 bits per heavy atom. The van der Waals surface area contributed by atoms with Crippen LogP contribution in [0.3, 0.4) is 0 Å². The van der Waals surface area contributed by atoms with Gasteiger partial charge in [0.25, 0.3) is 6.01 Å². The molecule has 1 aliphatic heterocycles. The van der Waals surface area contributed by atoms with Crippen LogP contribution in [-0.4, -0.2) is 46.4 Å². The highest BCUT2D eigenvalue weighted by Gasteiger charge is 2.22. The number of nitrogens with zero attached hydrogens (tertiary/aromatic N) is 4. The molecule has 0 bridgehead atoms. The standard InChI is InChI=1S/C19H29N5O3/c1-25-19-21-15-16(20)22-18(27-11-8-13-5-6-13)23-17(15)24(19)9-3-2-4-14-7-10-26-12-14/h13-14H,2-12H2,1H3,(H2,20,22,23). The van der Waals surface area contributed by atoms with Gasteiger partial charge in [0.15, 0.2) is 17.0 Å². The Morgan fingerprint density at radius 1 is 1.11 bits per heavy atom. The first-order valence-corrected chi connectivity index (χ1v) is 10.0. The number of methoxy groups -OCH3 is 1. The van der Waals surface area contributed by atoms with Gasteiger partial charge in [-0.15, -0.1) is 0 Å². The number of imidazole rings is 1. The van der Waals surface area contributed by atoms with Gasteiger partial charge in [0.2, 0.25) is 0 Å². The maximum atomic E-state index is 6.10. The predicted octanol–water partition coefficient (Wildman–Crippen LogP) is 2.80. The summed E-state index contributed by atoms with van der Waals surface area (Å²) >= 11 is 0. The van der Waals surface area contributed by atoms with E-state index >= 15 is 0 Å². The van der Waals surface area contributed by atoms with Crippen LogP contribution < -0.4 is 15.2 Å². The number of fused-ring (bicyclic) bond motifs is 1. The first kappa shape index (κ1) is 18.3. The molecule has 8 heteroatoms. The van der Waals surface area contributed by atoms with Gasteiger partial charge in [0.05, 0.1) is 13.7 Å². The maximum Gasteiger partial charge on any atom is 0.320 e. The van der Waals surface area contributed by atoms with Gasteiger partial charge in [0, 0.05) is 19.8 Å². The summed E-state index contributed by atoms with van der Waals surface area (Å²) in [5.41, 5.74) is 7.36. The highest BCUT2D eigenvalue weighted by atomic mass is 16.5. The van der Waals surface area contributed by atoms with Crippen molar-refractivity contribution in [1.29, 1.82) is 0 Å². The van der Waals surface area contributed by atoms with Crippen molar-refractivity contribution in [2.24, 2.45) is 11.8 Å². The predicted molar refractivity (Wildman–Crippen MR) is 102 cm³/mol. The normalized spacial score (nSPS) is 19.7. The average molecular weight is 375 g/mol. The Morgan fingerprint density at radius 3 is 2.74 bits per heavy atom. The number of rotatable bonds is 10. The summed E-state index contributed by atoms with van der Waals surface area (Å²) in [6, 6.07) is 0.845. The molecule has 1 saturated carbocycles. The van der Waals surface area contributed by atoms with Gasteiger partial charge < -0.3 is 19.9 Å². The Kier molecular flexibility index (Phi) is 5.61. The summed E-state index contributed by atoms with van der Waals surface area (Å²) in [6.45, 7) is 3.22. The fourth-order valence-electron chi connectivity index (χ4n) is 3.64. The molecule has 27 heavy (non-hydrogen) atoms. The van der Waals surface area contributed by atoms with Crippen molar-refractivity contribution in [3.05, 3.63) is 0 Å². The van der Waals surface area contributed by atoms with Gasteiger partial charge in [-0.3, -0.25) is 4.57 Å². The Balaban J connectivity index is 1.44. The Bertz CT molecular complexity index is 768. The Hall–Kier alpha value is -2.09. The molecular weight excluding hydrogens is 346 g/mol. The summed E-state index contributed by atoms with van der Waals surface area (Å²) in [4.78, 5) is 13.3. The number of hydrogen-bond donors (Lipinski definition) is 1. The van der Waals surface area contributed by atoms with Crippen LogP contribution in [0.25, 0.3) is 11.2 Å². The summed E-state index contributed by atoms with van der Waals surface area (Å²) < 4.78 is 18.6. The highest BCUT2D eigenvalue weighted by Crippen LogP contribution is 2.32. The molecule has 2 aromatic heterocycles. The lowest BCUT2D eigenvalue weighted by Crippen LogP contribution is -2.07. The fraction of sp³-hybridized carbons (Fsp3) is 0.737. The Labute approximate surface area is 159 Å². The van der Waals surface area contributed by atoms with E-state index in [9.17, 15) is 0 Å². The number of nitrogens with two attached hydrogens (primary N) is 1. The first-order chi connectivity index (χ1) is 13.2. The molecule has 8 nitrogen and oxygen atoms in total. The molecule has 1 saturated heterocycles. The lowest BCUT2D eigenvalue weighted by molar-refractivity contribution is 0.183. The molecule has 2 fully saturated rings. The van der Waals surface area contributed by atoms with E-state index in [1.165, 1.54) is 25.7 Å². The van der Waals surface area contributed by atoms with Gasteiger partial charge in [0.1, 0.15) is 0 Å². The minimum absolute atomic E-state index is 0.326. The number of ether oxygens (including phenoxy) is 3. The second-order valence-corrected chi connectivity index (χ2v) is 7.62. The van der Waals surface area contributed by atoms with Crippen molar-refractivity contribution in [2.75, 3.05) is 32.7 Å². The molecule has 0 spiro atoms. The van der Waals surface area contributed by atoms with Crippen molar-refractivity contribution >= 4 is 17.0 Å². The van der Waals surface area contributed by atoms with Crippen molar-refractivity contribution in [3.63, 3.8) is 0 Å². The zero-order valence-corrected chi connectivity index (χ0v) is 16.0. The summed E-state index contributed by atoms with van der Waals surface area (Å²) in [7, 11) is 1.62. The van der Waals surface area contributed by atoms with Crippen LogP contribution in [0.2, 0.25) is 0 Å². The van der Waals surface area contributed by atoms with Crippen molar-refractivity contribution in [3.8, 4) is 12.0 Å². The number of aryl methyl sites for hydroxylation is 1. The van der Waals surface area contributed by atoms with Gasteiger partial charge in [-0.1, -0.05) is 19.3 Å². The largest absolute Gasteiger partial charge is 0.468 e. The second-order valence-electron chi connectivity index (χ2n) is 7.62. The molecule has 1 aliphatic carbocycles. The van der Waals surface area contributed by atoms with E-state index in [0.29, 0.717) is 41.5 Å². The molecule has 3 heterocycles. The van der Waals surface area contributed by atoms with E-state index in [1.807, 2.05) is 4.57 Å². The van der Waals surface area contributed by atoms with E-state index in [1.54, 1.807) is 7.11 Å². The zero-order valence-electron chi connectivity index (χ0n) is 16.0. The lowest BCUT2D eigenvalue weighted by Gasteiger charge is -2.10. The van der Waals surface area contributed by atoms with E-state index < -0.39 is 0 Å². The minimum atomic E-state index is 0.326. The summed E-state index contributed by atoms with van der Waals surface area (Å²) in [5.74, 6) is 1.85. The van der Waals surface area contributed by atoms with Crippen LogP contribution in [0.15, 0.2) is 0 Å². The number of unbranched alkanes of at least 4 members (excludes halogenated alkanes) is 1. The molecule has 0 aromatic carbocycles. The van der Waals surface area contributed by atoms with E-state index in [2.05, 4.69) is 15.0 Å². The molecule has 1 unspecified atom stereocenters. The molecule has 4 rings (SSSR count). The van der Waals surface area contributed by atoms with E-state index in [4.69, 9.17) is 19.9 Å². The number of hydrogen-bond acceptors (Lipinski definition) is 7. The SMILES string of the molecule is COc1nc2c(N)nc(OCCC3CC3)nc2n1CCCCC1CCOC1. The quantitative estimate of drug-likeness (QED) is 0.638. The van der Waals surface area contributed by atoms with Crippen LogP contribution in [0.1, 0.15) is 44.9 Å². The number of nitrogen functional groups attached to an aromatic ring is 1. The summed E-state index contributed by atoms with van der Waals surface area (Å²) in [6.07, 6.45) is 8.21. The number of anilines is 1. The van der Waals surface area contributed by atoms with Crippen LogP contribution in [0.5, 0.6) is 12.0 Å². The van der Waals surface area contributed by atoms with Crippen molar-refractivity contribution in [2.45, 2.75) is 51.5 Å². The van der Waals surface area contributed by atoms with Crippen molar-refractivity contribution in [1.82, 2.24) is 19.5 Å².